The van der Waals surface area contributed by atoms with E-state index in [1.165, 1.54) is 11.7 Å². The molecule has 0 spiro atoms. The second-order valence-corrected chi connectivity index (χ2v) is 3.81. The number of aromatic nitrogens is 2. The van der Waals surface area contributed by atoms with Gasteiger partial charge < -0.3 is 0 Å². The molecule has 1 rings (SSSR count). The fourth-order valence-electron chi connectivity index (χ4n) is 1.26. The van der Waals surface area contributed by atoms with Crippen molar-refractivity contribution in [3.8, 4) is 12.3 Å². The Morgan fingerprint density at radius 2 is 1.93 bits per heavy atom. The average molecular weight is 216 g/mol. The van der Waals surface area contributed by atoms with Gasteiger partial charge in [0.05, 0.1) is 11.1 Å². The highest BCUT2D eigenvalue weighted by Gasteiger charge is 2.36. The third-order valence-corrected chi connectivity index (χ3v) is 2.17. The van der Waals surface area contributed by atoms with Crippen LogP contribution in [0, 0.1) is 12.3 Å². The summed E-state index contributed by atoms with van der Waals surface area (Å²) in [6.45, 7) is 3.34. The molecule has 0 aliphatic carbocycles. The summed E-state index contributed by atoms with van der Waals surface area (Å²) in [7, 11) is 1.45. The fourth-order valence-corrected chi connectivity index (χ4v) is 1.26. The number of rotatable bonds is 1. The van der Waals surface area contributed by atoms with Crippen molar-refractivity contribution in [1.82, 2.24) is 9.78 Å². The van der Waals surface area contributed by atoms with Gasteiger partial charge in [0.2, 0.25) is 0 Å². The highest BCUT2D eigenvalue weighted by molar-refractivity contribution is 5.28. The maximum Gasteiger partial charge on any atom is 0.435 e. The van der Waals surface area contributed by atoms with Gasteiger partial charge in [-0.05, 0) is 19.9 Å². The van der Waals surface area contributed by atoms with Crippen LogP contribution in [0.1, 0.15) is 25.2 Å². The molecule has 0 aromatic carbocycles. The van der Waals surface area contributed by atoms with Crippen molar-refractivity contribution >= 4 is 0 Å². The number of hydrogen-bond acceptors (Lipinski definition) is 1. The summed E-state index contributed by atoms with van der Waals surface area (Å²) < 4.78 is 38.2. The van der Waals surface area contributed by atoms with Crippen LogP contribution >= 0.6 is 0 Å². The van der Waals surface area contributed by atoms with Gasteiger partial charge in [-0.25, -0.2) is 0 Å². The Labute approximate surface area is 86.1 Å². The van der Waals surface area contributed by atoms with Gasteiger partial charge in [0.15, 0.2) is 5.69 Å². The molecule has 0 unspecified atom stereocenters. The lowest BCUT2D eigenvalue weighted by Gasteiger charge is -2.16. The van der Waals surface area contributed by atoms with Crippen LogP contribution < -0.4 is 0 Å². The van der Waals surface area contributed by atoms with Crippen LogP contribution in [0.25, 0.3) is 0 Å². The van der Waals surface area contributed by atoms with Gasteiger partial charge in [0.1, 0.15) is 0 Å². The highest BCUT2D eigenvalue weighted by atomic mass is 19.4. The summed E-state index contributed by atoms with van der Waals surface area (Å²) in [6.07, 6.45) is 0.823. The topological polar surface area (TPSA) is 17.8 Å². The van der Waals surface area contributed by atoms with Crippen LogP contribution in [-0.4, -0.2) is 9.78 Å². The molecular weight excluding hydrogens is 205 g/mol. The summed E-state index contributed by atoms with van der Waals surface area (Å²) in [5, 5.41) is 3.39. The monoisotopic (exact) mass is 216 g/mol. The summed E-state index contributed by atoms with van der Waals surface area (Å²) in [5.74, 6) is 2.44. The molecule has 0 amide bonds. The first kappa shape index (κ1) is 11.6. The van der Waals surface area contributed by atoms with Crippen molar-refractivity contribution in [2.24, 2.45) is 7.05 Å². The first-order chi connectivity index (χ1) is 6.68. The molecular formula is C10H11F3N2. The number of alkyl halides is 3. The lowest BCUT2D eigenvalue weighted by Crippen LogP contribution is -2.18. The first-order valence-electron chi connectivity index (χ1n) is 4.28. The Hall–Kier alpha value is -1.44. The smallest absolute Gasteiger partial charge is 0.271 e. The Bertz CT molecular complexity index is 407. The molecule has 0 radical (unpaired) electrons. The number of terminal acetylenes is 1. The van der Waals surface area contributed by atoms with Gasteiger partial charge in [-0.2, -0.15) is 18.3 Å². The largest absolute Gasteiger partial charge is 0.435 e. The Balaban J connectivity index is 3.26. The second kappa shape index (κ2) is 3.30. The molecule has 0 atom stereocenters. The van der Waals surface area contributed by atoms with E-state index in [9.17, 15) is 13.2 Å². The van der Waals surface area contributed by atoms with E-state index in [-0.39, 0.29) is 0 Å². The van der Waals surface area contributed by atoms with Gasteiger partial charge in [0.25, 0.3) is 0 Å². The van der Waals surface area contributed by atoms with Crippen LogP contribution in [0.5, 0.6) is 0 Å². The van der Waals surface area contributed by atoms with Crippen LogP contribution in [0.3, 0.4) is 0 Å². The van der Waals surface area contributed by atoms with Crippen LogP contribution in [0.4, 0.5) is 13.2 Å². The Morgan fingerprint density at radius 3 is 2.27 bits per heavy atom. The van der Waals surface area contributed by atoms with Gasteiger partial charge >= 0.3 is 6.18 Å². The number of nitrogens with zero attached hydrogens (tertiary/aromatic N) is 2. The quantitative estimate of drug-likeness (QED) is 0.659. The maximum absolute atomic E-state index is 12.3. The number of hydrogen-bond donors (Lipinski definition) is 0. The maximum atomic E-state index is 12.3. The third-order valence-electron chi connectivity index (χ3n) is 2.17. The molecule has 0 aliphatic rings. The van der Waals surface area contributed by atoms with Crippen molar-refractivity contribution in [1.29, 1.82) is 0 Å². The summed E-state index contributed by atoms with van der Waals surface area (Å²) in [6, 6.07) is 0.986. The molecule has 1 heterocycles. The predicted molar refractivity (Wildman–Crippen MR) is 50.1 cm³/mol. The normalized spacial score (nSPS) is 12.6. The number of aryl methyl sites for hydroxylation is 1. The highest BCUT2D eigenvalue weighted by Crippen LogP contribution is 2.31. The molecule has 15 heavy (non-hydrogen) atoms. The second-order valence-electron chi connectivity index (χ2n) is 3.81. The van der Waals surface area contributed by atoms with Gasteiger partial charge in [-0.3, -0.25) is 4.68 Å². The average Bonchev–Trinajstić information content (AvgIpc) is 2.47. The molecule has 2 nitrogen and oxygen atoms in total. The van der Waals surface area contributed by atoms with Crippen LogP contribution in [0.15, 0.2) is 6.07 Å². The molecule has 82 valence electrons. The molecule has 1 aromatic rings. The van der Waals surface area contributed by atoms with E-state index >= 15 is 0 Å². The molecule has 0 saturated heterocycles. The van der Waals surface area contributed by atoms with Crippen LogP contribution in [0.2, 0.25) is 0 Å². The molecule has 0 saturated carbocycles. The van der Waals surface area contributed by atoms with E-state index in [1.807, 2.05) is 0 Å². The molecule has 0 fully saturated rings. The lowest BCUT2D eigenvalue weighted by molar-refractivity contribution is -0.141. The molecule has 0 N–H and O–H groups in total. The molecule has 1 aromatic heterocycles. The van der Waals surface area contributed by atoms with Crippen LogP contribution in [-0.2, 0) is 18.6 Å². The summed E-state index contributed by atoms with van der Waals surface area (Å²) >= 11 is 0. The standard InChI is InChI=1S/C10H11F3N2/c1-5-9(2,3)8-6-7(10(11,12)13)14-15(8)4/h1,6H,2-4H3. The van der Waals surface area contributed by atoms with Crippen molar-refractivity contribution in [2.75, 3.05) is 0 Å². The zero-order chi connectivity index (χ0) is 11.9. The van der Waals surface area contributed by atoms with Crippen molar-refractivity contribution in [3.63, 3.8) is 0 Å². The minimum atomic E-state index is -4.43. The first-order valence-corrected chi connectivity index (χ1v) is 4.28. The van der Waals surface area contributed by atoms with Gasteiger partial charge in [-0.15, -0.1) is 6.42 Å². The third kappa shape index (κ3) is 2.14. The Kier molecular flexibility index (Phi) is 2.56. The minimum Gasteiger partial charge on any atom is -0.271 e. The summed E-state index contributed by atoms with van der Waals surface area (Å²) in [4.78, 5) is 0. The molecule has 5 heteroatoms. The Morgan fingerprint density at radius 1 is 1.40 bits per heavy atom. The molecule has 0 bridgehead atoms. The van der Waals surface area contributed by atoms with E-state index in [0.29, 0.717) is 5.69 Å². The van der Waals surface area contributed by atoms with Gasteiger partial charge in [0, 0.05) is 7.05 Å². The van der Waals surface area contributed by atoms with E-state index in [0.717, 1.165) is 6.07 Å². The lowest BCUT2D eigenvalue weighted by atomic mass is 9.90. The SMILES string of the molecule is C#CC(C)(C)c1cc(C(F)(F)F)nn1C. The van der Waals surface area contributed by atoms with Gasteiger partial charge in [-0.1, -0.05) is 5.92 Å². The predicted octanol–water partition coefficient (Wildman–Crippen LogP) is 2.35. The zero-order valence-corrected chi connectivity index (χ0v) is 8.68. The van der Waals surface area contributed by atoms with Crippen molar-refractivity contribution < 1.29 is 13.2 Å². The molecule has 0 aliphatic heterocycles. The minimum absolute atomic E-state index is 0.373. The number of halogens is 3. The zero-order valence-electron chi connectivity index (χ0n) is 8.68. The fraction of sp³-hybridized carbons (Fsp3) is 0.500. The van der Waals surface area contributed by atoms with E-state index in [2.05, 4.69) is 11.0 Å². The van der Waals surface area contributed by atoms with Crippen molar-refractivity contribution in [2.45, 2.75) is 25.4 Å². The summed E-state index contributed by atoms with van der Waals surface area (Å²) in [5.41, 5.74) is -1.30. The van der Waals surface area contributed by atoms with E-state index in [4.69, 9.17) is 6.42 Å². The van der Waals surface area contributed by atoms with E-state index < -0.39 is 17.3 Å². The van der Waals surface area contributed by atoms with E-state index in [1.54, 1.807) is 13.8 Å². The van der Waals surface area contributed by atoms with Crippen molar-refractivity contribution in [3.05, 3.63) is 17.5 Å².